The van der Waals surface area contributed by atoms with Gasteiger partial charge in [-0.1, -0.05) is 23.4 Å². The molecule has 0 saturated carbocycles. The molecule has 1 aliphatic heterocycles. The SMILES string of the molecule is Cl.NCCNC(=O)C1CCCN(Cc2noc(-c3ccccc3)n2)C1. The molecule has 1 amide bonds. The quantitative estimate of drug-likeness (QED) is 0.804. The highest BCUT2D eigenvalue weighted by molar-refractivity contribution is 5.85. The zero-order valence-electron chi connectivity index (χ0n) is 14.1. The molecular formula is C17H24ClN5O2. The molecule has 1 unspecified atom stereocenters. The lowest BCUT2D eigenvalue weighted by atomic mass is 9.97. The van der Waals surface area contributed by atoms with Gasteiger partial charge in [-0.25, -0.2) is 0 Å². The highest BCUT2D eigenvalue weighted by Gasteiger charge is 2.26. The molecule has 1 aromatic heterocycles. The van der Waals surface area contributed by atoms with Crippen LogP contribution in [0.4, 0.5) is 0 Å². The molecule has 1 saturated heterocycles. The standard InChI is InChI=1S/C17H23N5O2.ClH/c18-8-9-19-16(23)14-7-4-10-22(11-14)12-15-20-17(24-21-15)13-5-2-1-3-6-13;/h1-3,5-6,14H,4,7-12,18H2,(H,19,23);1H. The van der Waals surface area contributed by atoms with Gasteiger partial charge >= 0.3 is 0 Å². The fourth-order valence-electron chi connectivity index (χ4n) is 2.97. The van der Waals surface area contributed by atoms with Gasteiger partial charge in [-0.15, -0.1) is 12.4 Å². The first-order valence-corrected chi connectivity index (χ1v) is 8.34. The van der Waals surface area contributed by atoms with Crippen molar-refractivity contribution in [1.29, 1.82) is 0 Å². The van der Waals surface area contributed by atoms with Gasteiger partial charge in [-0.3, -0.25) is 9.69 Å². The molecule has 3 rings (SSSR count). The summed E-state index contributed by atoms with van der Waals surface area (Å²) in [5, 5.41) is 6.93. The second-order valence-electron chi connectivity index (χ2n) is 6.04. The molecule has 0 radical (unpaired) electrons. The van der Waals surface area contributed by atoms with E-state index in [0.29, 0.717) is 37.9 Å². The van der Waals surface area contributed by atoms with Crippen molar-refractivity contribution in [2.24, 2.45) is 11.7 Å². The number of hydrogen-bond donors (Lipinski definition) is 2. The third-order valence-corrected chi connectivity index (χ3v) is 4.17. The molecular weight excluding hydrogens is 342 g/mol. The number of hydrogen-bond acceptors (Lipinski definition) is 6. The van der Waals surface area contributed by atoms with Gasteiger partial charge < -0.3 is 15.6 Å². The van der Waals surface area contributed by atoms with Crippen LogP contribution in [0.3, 0.4) is 0 Å². The van der Waals surface area contributed by atoms with E-state index in [0.717, 1.165) is 24.9 Å². The Hall–Kier alpha value is -1.96. The maximum Gasteiger partial charge on any atom is 0.257 e. The number of carbonyl (C=O) groups is 1. The Balaban J connectivity index is 0.00000225. The minimum Gasteiger partial charge on any atom is -0.355 e. The molecule has 2 heterocycles. The Morgan fingerprint density at radius 1 is 1.36 bits per heavy atom. The summed E-state index contributed by atoms with van der Waals surface area (Å²) in [6.45, 7) is 3.24. The van der Waals surface area contributed by atoms with Gasteiger partial charge in [0.25, 0.3) is 5.89 Å². The van der Waals surface area contributed by atoms with E-state index in [-0.39, 0.29) is 24.2 Å². The zero-order valence-corrected chi connectivity index (χ0v) is 14.9. The first-order chi connectivity index (χ1) is 11.8. The molecule has 25 heavy (non-hydrogen) atoms. The lowest BCUT2D eigenvalue weighted by Gasteiger charge is -2.30. The summed E-state index contributed by atoms with van der Waals surface area (Å²) in [5.41, 5.74) is 6.35. The Bertz CT molecular complexity index is 664. The molecule has 1 aliphatic rings. The first-order valence-electron chi connectivity index (χ1n) is 8.34. The van der Waals surface area contributed by atoms with Crippen molar-refractivity contribution >= 4 is 18.3 Å². The van der Waals surface area contributed by atoms with Crippen LogP contribution < -0.4 is 11.1 Å². The van der Waals surface area contributed by atoms with Gasteiger partial charge in [0.15, 0.2) is 5.82 Å². The van der Waals surface area contributed by atoms with Gasteiger partial charge in [0.2, 0.25) is 5.91 Å². The van der Waals surface area contributed by atoms with Crippen molar-refractivity contribution in [2.75, 3.05) is 26.2 Å². The van der Waals surface area contributed by atoms with Crippen molar-refractivity contribution in [1.82, 2.24) is 20.4 Å². The largest absolute Gasteiger partial charge is 0.355 e. The maximum atomic E-state index is 12.1. The van der Waals surface area contributed by atoms with E-state index in [9.17, 15) is 4.79 Å². The van der Waals surface area contributed by atoms with Crippen LogP contribution >= 0.6 is 12.4 Å². The second-order valence-corrected chi connectivity index (χ2v) is 6.04. The van der Waals surface area contributed by atoms with Gasteiger partial charge in [0.05, 0.1) is 12.5 Å². The van der Waals surface area contributed by atoms with Crippen LogP contribution in [0, 0.1) is 5.92 Å². The van der Waals surface area contributed by atoms with Crippen LogP contribution in [-0.4, -0.2) is 47.1 Å². The van der Waals surface area contributed by atoms with Crippen molar-refractivity contribution < 1.29 is 9.32 Å². The van der Waals surface area contributed by atoms with Crippen LogP contribution in [0.25, 0.3) is 11.5 Å². The number of halogens is 1. The van der Waals surface area contributed by atoms with E-state index in [1.807, 2.05) is 30.3 Å². The smallest absolute Gasteiger partial charge is 0.257 e. The number of nitrogens with one attached hydrogen (secondary N) is 1. The van der Waals surface area contributed by atoms with Crippen LogP contribution in [0.15, 0.2) is 34.9 Å². The predicted molar refractivity (Wildman–Crippen MR) is 97.0 cm³/mol. The fourth-order valence-corrected chi connectivity index (χ4v) is 2.97. The third-order valence-electron chi connectivity index (χ3n) is 4.17. The normalized spacial score (nSPS) is 17.7. The lowest BCUT2D eigenvalue weighted by molar-refractivity contribution is -0.126. The highest BCUT2D eigenvalue weighted by atomic mass is 35.5. The minimum atomic E-state index is 0. The number of aromatic nitrogens is 2. The Morgan fingerprint density at radius 3 is 2.92 bits per heavy atom. The number of piperidine rings is 1. The molecule has 8 heteroatoms. The van der Waals surface area contributed by atoms with E-state index in [1.54, 1.807) is 0 Å². The van der Waals surface area contributed by atoms with E-state index < -0.39 is 0 Å². The van der Waals surface area contributed by atoms with Crippen molar-refractivity contribution in [2.45, 2.75) is 19.4 Å². The second kappa shape index (κ2) is 9.50. The molecule has 7 nitrogen and oxygen atoms in total. The molecule has 136 valence electrons. The number of nitrogens with zero attached hydrogens (tertiary/aromatic N) is 3. The summed E-state index contributed by atoms with van der Waals surface area (Å²) >= 11 is 0. The fraction of sp³-hybridized carbons (Fsp3) is 0.471. The summed E-state index contributed by atoms with van der Waals surface area (Å²) in [6, 6.07) is 9.71. The summed E-state index contributed by atoms with van der Waals surface area (Å²) in [5.74, 6) is 1.27. The molecule has 1 aromatic carbocycles. The van der Waals surface area contributed by atoms with Gasteiger partial charge in [0, 0.05) is 25.2 Å². The lowest BCUT2D eigenvalue weighted by Crippen LogP contribution is -2.43. The monoisotopic (exact) mass is 365 g/mol. The van der Waals surface area contributed by atoms with Gasteiger partial charge in [-0.2, -0.15) is 4.98 Å². The minimum absolute atomic E-state index is 0. The van der Waals surface area contributed by atoms with Crippen molar-refractivity contribution in [3.05, 3.63) is 36.2 Å². The summed E-state index contributed by atoms with van der Waals surface area (Å²) in [7, 11) is 0. The number of likely N-dealkylation sites (tertiary alicyclic amines) is 1. The van der Waals surface area contributed by atoms with Crippen molar-refractivity contribution in [3.8, 4) is 11.5 Å². The molecule has 0 aliphatic carbocycles. The Kier molecular flexibility index (Phi) is 7.36. The molecule has 3 N–H and O–H groups in total. The molecule has 1 atom stereocenters. The van der Waals surface area contributed by atoms with Crippen molar-refractivity contribution in [3.63, 3.8) is 0 Å². The highest BCUT2D eigenvalue weighted by Crippen LogP contribution is 2.20. The Labute approximate surface area is 153 Å². The van der Waals surface area contributed by atoms with E-state index in [4.69, 9.17) is 10.3 Å². The predicted octanol–water partition coefficient (Wildman–Crippen LogP) is 1.45. The Morgan fingerprint density at radius 2 is 2.16 bits per heavy atom. The van der Waals surface area contributed by atoms with E-state index in [1.165, 1.54) is 0 Å². The van der Waals surface area contributed by atoms with Gasteiger partial charge in [0.1, 0.15) is 0 Å². The van der Waals surface area contributed by atoms with Crippen LogP contribution in [-0.2, 0) is 11.3 Å². The van der Waals surface area contributed by atoms with Crippen LogP contribution in [0.1, 0.15) is 18.7 Å². The maximum absolute atomic E-state index is 12.1. The van der Waals surface area contributed by atoms with Gasteiger partial charge in [-0.05, 0) is 31.5 Å². The number of benzene rings is 1. The number of carbonyl (C=O) groups excluding carboxylic acids is 1. The van der Waals surface area contributed by atoms with Crippen LogP contribution in [0.2, 0.25) is 0 Å². The summed E-state index contributed by atoms with van der Waals surface area (Å²) in [4.78, 5) is 18.8. The molecule has 0 bridgehead atoms. The molecule has 0 spiro atoms. The molecule has 2 aromatic rings. The number of nitrogens with two attached hydrogens (primary N) is 1. The van der Waals surface area contributed by atoms with E-state index in [2.05, 4.69) is 20.4 Å². The van der Waals surface area contributed by atoms with E-state index >= 15 is 0 Å². The average Bonchev–Trinajstić information content (AvgIpc) is 3.09. The topological polar surface area (TPSA) is 97.3 Å². The number of amides is 1. The van der Waals surface area contributed by atoms with Crippen LogP contribution in [0.5, 0.6) is 0 Å². The average molecular weight is 366 g/mol. The summed E-state index contributed by atoms with van der Waals surface area (Å²) < 4.78 is 5.34. The first kappa shape index (κ1) is 19.4. The third kappa shape index (κ3) is 5.26. The number of rotatable bonds is 6. The summed E-state index contributed by atoms with van der Waals surface area (Å²) in [6.07, 6.45) is 1.90. The molecule has 1 fully saturated rings. The zero-order chi connectivity index (χ0) is 16.8.